The van der Waals surface area contributed by atoms with Crippen molar-refractivity contribution in [1.82, 2.24) is 10.2 Å². The third-order valence-corrected chi connectivity index (χ3v) is 3.93. The Hall–Kier alpha value is -1.67. The SMILES string of the molecule is O=C(CN1CSCC1=O)NCC(O)c1ccc(F)c(F)c1. The first kappa shape index (κ1) is 15.7. The molecule has 21 heavy (non-hydrogen) atoms. The van der Waals surface area contributed by atoms with E-state index in [1.807, 2.05) is 0 Å². The van der Waals surface area contributed by atoms with E-state index < -0.39 is 23.6 Å². The van der Waals surface area contributed by atoms with Gasteiger partial charge in [0.05, 0.1) is 17.7 Å². The van der Waals surface area contributed by atoms with E-state index in [0.717, 1.165) is 12.1 Å². The van der Waals surface area contributed by atoms with Gasteiger partial charge >= 0.3 is 0 Å². The fraction of sp³-hybridized carbons (Fsp3) is 0.385. The average Bonchev–Trinajstić information content (AvgIpc) is 2.84. The number of nitrogens with zero attached hydrogens (tertiary/aromatic N) is 1. The molecular formula is C13H14F2N2O3S. The van der Waals surface area contributed by atoms with Gasteiger partial charge in [0.2, 0.25) is 11.8 Å². The Bertz CT molecular complexity index is 556. The van der Waals surface area contributed by atoms with Crippen LogP contribution in [0.5, 0.6) is 0 Å². The second kappa shape index (κ2) is 6.86. The average molecular weight is 316 g/mol. The van der Waals surface area contributed by atoms with E-state index in [0.29, 0.717) is 11.6 Å². The summed E-state index contributed by atoms with van der Waals surface area (Å²) in [5.74, 6) is -1.73. The number of rotatable bonds is 5. The Balaban J connectivity index is 1.82. The number of aliphatic hydroxyl groups excluding tert-OH is 1. The number of amides is 2. The second-order valence-electron chi connectivity index (χ2n) is 4.56. The van der Waals surface area contributed by atoms with Crippen LogP contribution in [0.25, 0.3) is 0 Å². The molecule has 1 atom stereocenters. The summed E-state index contributed by atoms with van der Waals surface area (Å²) in [4.78, 5) is 24.4. The molecule has 0 radical (unpaired) electrons. The van der Waals surface area contributed by atoms with Crippen LogP contribution < -0.4 is 5.32 Å². The lowest BCUT2D eigenvalue weighted by Gasteiger charge is -2.16. The van der Waals surface area contributed by atoms with Gasteiger partial charge in [0, 0.05) is 6.54 Å². The lowest BCUT2D eigenvalue weighted by Crippen LogP contribution is -2.39. The quantitative estimate of drug-likeness (QED) is 0.837. The van der Waals surface area contributed by atoms with Crippen LogP contribution in [0.1, 0.15) is 11.7 Å². The summed E-state index contributed by atoms with van der Waals surface area (Å²) in [5, 5.41) is 12.3. The van der Waals surface area contributed by atoms with Gasteiger partial charge in [-0.3, -0.25) is 9.59 Å². The lowest BCUT2D eigenvalue weighted by molar-refractivity contribution is -0.132. The smallest absolute Gasteiger partial charge is 0.239 e. The van der Waals surface area contributed by atoms with Crippen molar-refractivity contribution in [1.29, 1.82) is 0 Å². The summed E-state index contributed by atoms with van der Waals surface area (Å²) in [6.45, 7) is -0.213. The number of halogens is 2. The number of carbonyl (C=O) groups is 2. The van der Waals surface area contributed by atoms with E-state index in [9.17, 15) is 23.5 Å². The van der Waals surface area contributed by atoms with Crippen molar-refractivity contribution < 1.29 is 23.5 Å². The van der Waals surface area contributed by atoms with E-state index in [4.69, 9.17) is 0 Å². The molecule has 114 valence electrons. The summed E-state index contributed by atoms with van der Waals surface area (Å²) < 4.78 is 25.8. The van der Waals surface area contributed by atoms with Gasteiger partial charge in [-0.2, -0.15) is 0 Å². The molecule has 2 amide bonds. The zero-order valence-electron chi connectivity index (χ0n) is 11.0. The molecule has 2 N–H and O–H groups in total. The van der Waals surface area contributed by atoms with Crippen molar-refractivity contribution in [2.75, 3.05) is 24.7 Å². The van der Waals surface area contributed by atoms with Gasteiger partial charge in [-0.05, 0) is 17.7 Å². The monoisotopic (exact) mass is 316 g/mol. The van der Waals surface area contributed by atoms with Gasteiger partial charge in [-0.15, -0.1) is 11.8 Å². The van der Waals surface area contributed by atoms with Crippen molar-refractivity contribution in [3.05, 3.63) is 35.4 Å². The molecule has 0 aromatic heterocycles. The topological polar surface area (TPSA) is 69.6 Å². The van der Waals surface area contributed by atoms with Crippen molar-refractivity contribution in [2.24, 2.45) is 0 Å². The highest BCUT2D eigenvalue weighted by molar-refractivity contribution is 8.00. The molecule has 1 heterocycles. The predicted molar refractivity (Wildman–Crippen MR) is 73.4 cm³/mol. The van der Waals surface area contributed by atoms with E-state index in [1.165, 1.54) is 22.7 Å². The van der Waals surface area contributed by atoms with Gasteiger partial charge in [0.25, 0.3) is 0 Å². The van der Waals surface area contributed by atoms with Crippen LogP contribution in [-0.2, 0) is 9.59 Å². The molecular weight excluding hydrogens is 302 g/mol. The van der Waals surface area contributed by atoms with Crippen LogP contribution in [0, 0.1) is 11.6 Å². The Kier molecular flexibility index (Phi) is 5.13. The van der Waals surface area contributed by atoms with E-state index >= 15 is 0 Å². The summed E-state index contributed by atoms with van der Waals surface area (Å²) in [6.07, 6.45) is -1.15. The molecule has 1 aromatic carbocycles. The summed E-state index contributed by atoms with van der Waals surface area (Å²) in [7, 11) is 0. The van der Waals surface area contributed by atoms with Gasteiger partial charge in [-0.25, -0.2) is 8.78 Å². The molecule has 0 saturated carbocycles. The number of benzene rings is 1. The van der Waals surface area contributed by atoms with Gasteiger partial charge in [0.15, 0.2) is 11.6 Å². The van der Waals surface area contributed by atoms with Crippen molar-refractivity contribution in [2.45, 2.75) is 6.10 Å². The first-order valence-electron chi connectivity index (χ1n) is 6.22. The minimum Gasteiger partial charge on any atom is -0.387 e. The molecule has 1 aliphatic heterocycles. The molecule has 0 aliphatic carbocycles. The maximum absolute atomic E-state index is 13.0. The summed E-state index contributed by atoms with van der Waals surface area (Å²) in [6, 6.07) is 3.04. The predicted octanol–water partition coefficient (Wildman–Crippen LogP) is 0.647. The molecule has 0 spiro atoms. The number of aliphatic hydroxyl groups is 1. The van der Waals surface area contributed by atoms with E-state index in [2.05, 4.69) is 5.32 Å². The van der Waals surface area contributed by atoms with Crippen LogP contribution in [0.4, 0.5) is 8.78 Å². The molecule has 1 saturated heterocycles. The normalized spacial score (nSPS) is 16.1. The van der Waals surface area contributed by atoms with Crippen molar-refractivity contribution in [3.8, 4) is 0 Å². The first-order valence-corrected chi connectivity index (χ1v) is 7.38. The van der Waals surface area contributed by atoms with Crippen LogP contribution in [-0.4, -0.2) is 46.5 Å². The standard InChI is InChI=1S/C13H14F2N2O3S/c14-9-2-1-8(3-10(9)15)11(18)4-16-12(19)5-17-7-21-6-13(17)20/h1-3,11,18H,4-7H2,(H,16,19). The van der Waals surface area contributed by atoms with E-state index in [1.54, 1.807) is 0 Å². The van der Waals surface area contributed by atoms with E-state index in [-0.39, 0.29) is 24.6 Å². The van der Waals surface area contributed by atoms with Crippen LogP contribution in [0.3, 0.4) is 0 Å². The van der Waals surface area contributed by atoms with Crippen LogP contribution in [0.15, 0.2) is 18.2 Å². The molecule has 1 aromatic rings. The Morgan fingerprint density at radius 3 is 2.81 bits per heavy atom. The van der Waals surface area contributed by atoms with Crippen molar-refractivity contribution >= 4 is 23.6 Å². The third-order valence-electron chi connectivity index (χ3n) is 2.98. The zero-order valence-corrected chi connectivity index (χ0v) is 11.8. The Morgan fingerprint density at radius 1 is 1.43 bits per heavy atom. The molecule has 0 bridgehead atoms. The lowest BCUT2D eigenvalue weighted by atomic mass is 10.1. The highest BCUT2D eigenvalue weighted by Gasteiger charge is 2.23. The molecule has 1 unspecified atom stereocenters. The van der Waals surface area contributed by atoms with Gasteiger partial charge < -0.3 is 15.3 Å². The molecule has 8 heteroatoms. The summed E-state index contributed by atoms with van der Waals surface area (Å²) >= 11 is 1.43. The number of hydrogen-bond donors (Lipinski definition) is 2. The minimum atomic E-state index is -1.15. The zero-order chi connectivity index (χ0) is 15.4. The maximum atomic E-state index is 13.0. The molecule has 2 rings (SSSR count). The minimum absolute atomic E-state index is 0.0731. The van der Waals surface area contributed by atoms with Crippen LogP contribution >= 0.6 is 11.8 Å². The first-order chi connectivity index (χ1) is 9.97. The third kappa shape index (κ3) is 4.15. The fourth-order valence-corrected chi connectivity index (χ4v) is 2.72. The largest absolute Gasteiger partial charge is 0.387 e. The highest BCUT2D eigenvalue weighted by atomic mass is 32.2. The summed E-state index contributed by atoms with van der Waals surface area (Å²) in [5.41, 5.74) is 0.169. The number of hydrogen-bond acceptors (Lipinski definition) is 4. The molecule has 1 aliphatic rings. The number of nitrogens with one attached hydrogen (secondary N) is 1. The fourth-order valence-electron chi connectivity index (χ4n) is 1.82. The number of thioether (sulfide) groups is 1. The molecule has 5 nitrogen and oxygen atoms in total. The number of carbonyl (C=O) groups excluding carboxylic acids is 2. The maximum Gasteiger partial charge on any atom is 0.239 e. The van der Waals surface area contributed by atoms with Gasteiger partial charge in [0.1, 0.15) is 6.54 Å². The van der Waals surface area contributed by atoms with Crippen molar-refractivity contribution in [3.63, 3.8) is 0 Å². The van der Waals surface area contributed by atoms with Gasteiger partial charge in [-0.1, -0.05) is 6.07 Å². The Labute approximate surface area is 124 Å². The highest BCUT2D eigenvalue weighted by Crippen LogP contribution is 2.16. The molecule has 1 fully saturated rings. The second-order valence-corrected chi connectivity index (χ2v) is 5.52. The van der Waals surface area contributed by atoms with Crippen LogP contribution in [0.2, 0.25) is 0 Å². The Morgan fingerprint density at radius 2 is 2.19 bits per heavy atom.